The molecule has 0 heterocycles. The number of nitrogens with two attached hydrogens (primary N) is 1. The van der Waals surface area contributed by atoms with Gasteiger partial charge in [-0.3, -0.25) is 4.79 Å². The van der Waals surface area contributed by atoms with Crippen LogP contribution in [0.25, 0.3) is 0 Å². The normalized spacial score (nSPS) is 13.2. The minimum atomic E-state index is -0.962. The molecule has 5 heteroatoms. The number of nitrogens with zero attached hydrogens (tertiary/aromatic N) is 1. The molecular weight excluding hydrogens is 170 g/mol. The average Bonchev–Trinajstić information content (AvgIpc) is 2.11. The van der Waals surface area contributed by atoms with Crippen LogP contribution in [0.5, 0.6) is 0 Å². The number of carbonyl (C=O) groups is 1. The number of hydrogen-bond donors (Lipinski definition) is 3. The molecule has 4 N–H and O–H groups in total. The zero-order valence-corrected chi connectivity index (χ0v) is 8.29. The van der Waals surface area contributed by atoms with Gasteiger partial charge in [0.2, 0.25) is 0 Å². The minimum Gasteiger partial charge on any atom is -0.480 e. The Hall–Kier alpha value is -0.650. The Bertz CT molecular complexity index is 152. The first-order valence-electron chi connectivity index (χ1n) is 4.45. The average molecular weight is 189 g/mol. The standard InChI is InChI=1S/C8H19N3O2/c1-3-11(2)5-4-10-6-7(9)8(12)13/h7,10H,3-6,9H2,1-2H3,(H,12,13). The molecule has 0 saturated heterocycles. The molecule has 0 aromatic carbocycles. The highest BCUT2D eigenvalue weighted by molar-refractivity contribution is 5.73. The molecular formula is C8H19N3O2. The molecule has 0 aliphatic heterocycles. The van der Waals surface area contributed by atoms with E-state index in [1.54, 1.807) is 0 Å². The van der Waals surface area contributed by atoms with Crippen LogP contribution in [0.2, 0.25) is 0 Å². The third kappa shape index (κ3) is 6.51. The first kappa shape index (κ1) is 12.3. The number of aliphatic carboxylic acids is 1. The summed E-state index contributed by atoms with van der Waals surface area (Å²) in [7, 11) is 2.01. The summed E-state index contributed by atoms with van der Waals surface area (Å²) in [5, 5.41) is 11.4. The molecule has 0 bridgehead atoms. The van der Waals surface area contributed by atoms with Gasteiger partial charge in [0.25, 0.3) is 0 Å². The number of rotatable bonds is 7. The molecule has 0 fully saturated rings. The van der Waals surface area contributed by atoms with Crippen LogP contribution >= 0.6 is 0 Å². The molecule has 0 saturated carbocycles. The molecule has 1 unspecified atom stereocenters. The van der Waals surface area contributed by atoms with Crippen molar-refractivity contribution < 1.29 is 9.90 Å². The molecule has 1 atom stereocenters. The summed E-state index contributed by atoms with van der Waals surface area (Å²) in [5.74, 6) is -0.962. The smallest absolute Gasteiger partial charge is 0.321 e. The fourth-order valence-electron chi connectivity index (χ4n) is 0.773. The molecule has 78 valence electrons. The summed E-state index contributed by atoms with van der Waals surface area (Å²) in [4.78, 5) is 12.4. The summed E-state index contributed by atoms with van der Waals surface area (Å²) in [6, 6.07) is -0.799. The monoisotopic (exact) mass is 189 g/mol. The van der Waals surface area contributed by atoms with E-state index in [0.29, 0.717) is 6.54 Å². The quantitative estimate of drug-likeness (QED) is 0.445. The fraction of sp³-hybridized carbons (Fsp3) is 0.875. The number of carboxylic acid groups (broad SMARTS) is 1. The van der Waals surface area contributed by atoms with Crippen LogP contribution in [0.4, 0.5) is 0 Å². The molecule has 0 radical (unpaired) electrons. The largest absolute Gasteiger partial charge is 0.480 e. The SMILES string of the molecule is CCN(C)CCNCC(N)C(=O)O. The van der Waals surface area contributed by atoms with Crippen molar-refractivity contribution in [3.8, 4) is 0 Å². The summed E-state index contributed by atoms with van der Waals surface area (Å²) >= 11 is 0. The lowest BCUT2D eigenvalue weighted by Gasteiger charge is -2.14. The summed E-state index contributed by atoms with van der Waals surface area (Å²) in [6.07, 6.45) is 0. The van der Waals surface area contributed by atoms with E-state index in [0.717, 1.165) is 19.6 Å². The third-order valence-corrected chi connectivity index (χ3v) is 1.89. The molecule has 0 aliphatic rings. The molecule has 0 aromatic heterocycles. The van der Waals surface area contributed by atoms with Gasteiger partial charge < -0.3 is 21.1 Å². The van der Waals surface area contributed by atoms with Crippen molar-refractivity contribution in [1.29, 1.82) is 0 Å². The summed E-state index contributed by atoms with van der Waals surface area (Å²) in [5.41, 5.74) is 5.29. The number of likely N-dealkylation sites (N-methyl/N-ethyl adjacent to an activating group) is 1. The van der Waals surface area contributed by atoms with Gasteiger partial charge in [-0.05, 0) is 13.6 Å². The van der Waals surface area contributed by atoms with Crippen LogP contribution < -0.4 is 11.1 Å². The highest BCUT2D eigenvalue weighted by atomic mass is 16.4. The molecule has 0 amide bonds. The Morgan fingerprint density at radius 2 is 2.31 bits per heavy atom. The first-order chi connectivity index (χ1) is 6.07. The van der Waals surface area contributed by atoms with E-state index < -0.39 is 12.0 Å². The van der Waals surface area contributed by atoms with Gasteiger partial charge in [-0.2, -0.15) is 0 Å². The maximum atomic E-state index is 10.3. The fourth-order valence-corrected chi connectivity index (χ4v) is 0.773. The maximum Gasteiger partial charge on any atom is 0.321 e. The minimum absolute atomic E-state index is 0.326. The van der Waals surface area contributed by atoms with Crippen molar-refractivity contribution >= 4 is 5.97 Å². The van der Waals surface area contributed by atoms with Crippen molar-refractivity contribution in [1.82, 2.24) is 10.2 Å². The summed E-state index contributed by atoms with van der Waals surface area (Å²) in [6.45, 7) is 5.07. The lowest BCUT2D eigenvalue weighted by atomic mass is 10.3. The van der Waals surface area contributed by atoms with Crippen LogP contribution in [0.15, 0.2) is 0 Å². The van der Waals surface area contributed by atoms with Crippen LogP contribution in [0.3, 0.4) is 0 Å². The Morgan fingerprint density at radius 1 is 1.69 bits per heavy atom. The summed E-state index contributed by atoms with van der Waals surface area (Å²) < 4.78 is 0. The van der Waals surface area contributed by atoms with Gasteiger partial charge in [0.05, 0.1) is 0 Å². The van der Waals surface area contributed by atoms with E-state index in [9.17, 15) is 4.79 Å². The highest BCUT2D eigenvalue weighted by Crippen LogP contribution is 1.79. The van der Waals surface area contributed by atoms with E-state index in [2.05, 4.69) is 17.1 Å². The van der Waals surface area contributed by atoms with E-state index in [1.165, 1.54) is 0 Å². The Labute approximate surface area is 78.9 Å². The van der Waals surface area contributed by atoms with Gasteiger partial charge in [0.15, 0.2) is 0 Å². The second-order valence-electron chi connectivity index (χ2n) is 3.04. The second kappa shape index (κ2) is 6.82. The zero-order valence-electron chi connectivity index (χ0n) is 8.29. The van der Waals surface area contributed by atoms with Crippen molar-refractivity contribution in [3.63, 3.8) is 0 Å². The lowest BCUT2D eigenvalue weighted by molar-refractivity contribution is -0.138. The van der Waals surface area contributed by atoms with E-state index in [4.69, 9.17) is 10.8 Å². The van der Waals surface area contributed by atoms with E-state index in [-0.39, 0.29) is 0 Å². The highest BCUT2D eigenvalue weighted by Gasteiger charge is 2.09. The van der Waals surface area contributed by atoms with Crippen LogP contribution in [0.1, 0.15) is 6.92 Å². The number of hydrogen-bond acceptors (Lipinski definition) is 4. The number of carboxylic acids is 1. The lowest BCUT2D eigenvalue weighted by Crippen LogP contribution is -2.42. The van der Waals surface area contributed by atoms with Crippen LogP contribution in [-0.4, -0.2) is 55.2 Å². The Kier molecular flexibility index (Phi) is 6.48. The Balaban J connectivity index is 3.30. The zero-order chi connectivity index (χ0) is 10.3. The molecule has 0 aromatic rings. The van der Waals surface area contributed by atoms with Gasteiger partial charge in [0, 0.05) is 19.6 Å². The predicted octanol–water partition coefficient (Wildman–Crippen LogP) is -1.06. The topological polar surface area (TPSA) is 78.6 Å². The van der Waals surface area contributed by atoms with E-state index in [1.807, 2.05) is 7.05 Å². The Morgan fingerprint density at radius 3 is 2.77 bits per heavy atom. The van der Waals surface area contributed by atoms with Gasteiger partial charge in [-0.15, -0.1) is 0 Å². The van der Waals surface area contributed by atoms with Crippen molar-refractivity contribution in [2.45, 2.75) is 13.0 Å². The second-order valence-corrected chi connectivity index (χ2v) is 3.04. The molecule has 0 aliphatic carbocycles. The van der Waals surface area contributed by atoms with Crippen LogP contribution in [-0.2, 0) is 4.79 Å². The van der Waals surface area contributed by atoms with Crippen LogP contribution in [0, 0.1) is 0 Å². The molecule has 0 rings (SSSR count). The molecule has 0 spiro atoms. The van der Waals surface area contributed by atoms with E-state index >= 15 is 0 Å². The molecule has 13 heavy (non-hydrogen) atoms. The van der Waals surface area contributed by atoms with Gasteiger partial charge in [0.1, 0.15) is 6.04 Å². The van der Waals surface area contributed by atoms with Gasteiger partial charge >= 0.3 is 5.97 Å². The van der Waals surface area contributed by atoms with Gasteiger partial charge in [-0.1, -0.05) is 6.92 Å². The predicted molar refractivity (Wildman–Crippen MR) is 51.7 cm³/mol. The van der Waals surface area contributed by atoms with Crippen molar-refractivity contribution in [3.05, 3.63) is 0 Å². The van der Waals surface area contributed by atoms with Crippen molar-refractivity contribution in [2.75, 3.05) is 33.2 Å². The third-order valence-electron chi connectivity index (χ3n) is 1.89. The first-order valence-corrected chi connectivity index (χ1v) is 4.45. The van der Waals surface area contributed by atoms with Crippen molar-refractivity contribution in [2.24, 2.45) is 5.73 Å². The maximum absolute atomic E-state index is 10.3. The van der Waals surface area contributed by atoms with Gasteiger partial charge in [-0.25, -0.2) is 0 Å². The molecule has 5 nitrogen and oxygen atoms in total. The number of nitrogens with one attached hydrogen (secondary N) is 1.